The highest BCUT2D eigenvalue weighted by Crippen LogP contribution is 2.34. The van der Waals surface area contributed by atoms with Crippen LogP contribution >= 0.6 is 11.3 Å². The van der Waals surface area contributed by atoms with Crippen LogP contribution in [0.1, 0.15) is 42.6 Å². The van der Waals surface area contributed by atoms with Crippen LogP contribution < -0.4 is 0 Å². The largest absolute Gasteiger partial charge is 0.479 e. The van der Waals surface area contributed by atoms with Crippen molar-refractivity contribution in [1.82, 2.24) is 9.88 Å². The highest BCUT2D eigenvalue weighted by Gasteiger charge is 2.46. The first-order valence-electron chi connectivity index (χ1n) is 8.07. The maximum atomic E-state index is 12.8. The van der Waals surface area contributed by atoms with Crippen molar-refractivity contribution in [2.75, 3.05) is 7.05 Å². The highest BCUT2D eigenvalue weighted by molar-refractivity contribution is 7.13. The number of aromatic nitrogens is 1. The van der Waals surface area contributed by atoms with E-state index in [-0.39, 0.29) is 5.91 Å². The third-order valence-corrected chi connectivity index (χ3v) is 5.66. The van der Waals surface area contributed by atoms with Crippen molar-refractivity contribution in [3.05, 3.63) is 41.4 Å². The lowest BCUT2D eigenvalue weighted by Crippen LogP contribution is -2.56. The molecule has 5 nitrogen and oxygen atoms in total. The molecule has 126 valence electrons. The van der Waals surface area contributed by atoms with Crippen LogP contribution in [0.3, 0.4) is 0 Å². The molecular formula is C18H20N2O3S. The first-order valence-corrected chi connectivity index (χ1v) is 8.95. The quantitative estimate of drug-likeness (QED) is 0.919. The second kappa shape index (κ2) is 6.73. The molecule has 0 bridgehead atoms. The van der Waals surface area contributed by atoms with Crippen LogP contribution in [0.2, 0.25) is 0 Å². The number of rotatable bonds is 4. The van der Waals surface area contributed by atoms with Crippen molar-refractivity contribution in [2.24, 2.45) is 0 Å². The molecule has 1 amide bonds. The molecule has 0 radical (unpaired) electrons. The average molecular weight is 344 g/mol. The van der Waals surface area contributed by atoms with E-state index >= 15 is 0 Å². The fraction of sp³-hybridized carbons (Fsp3) is 0.389. The Hall–Kier alpha value is -2.21. The van der Waals surface area contributed by atoms with Gasteiger partial charge in [-0.1, -0.05) is 49.6 Å². The van der Waals surface area contributed by atoms with E-state index in [9.17, 15) is 14.7 Å². The van der Waals surface area contributed by atoms with Gasteiger partial charge in [-0.25, -0.2) is 9.78 Å². The van der Waals surface area contributed by atoms with Crippen LogP contribution in [0, 0.1) is 0 Å². The van der Waals surface area contributed by atoms with Gasteiger partial charge in [-0.15, -0.1) is 11.3 Å². The zero-order valence-corrected chi connectivity index (χ0v) is 14.4. The summed E-state index contributed by atoms with van der Waals surface area (Å²) < 4.78 is 0. The van der Waals surface area contributed by atoms with Gasteiger partial charge >= 0.3 is 5.97 Å². The Kier molecular flexibility index (Phi) is 4.66. The van der Waals surface area contributed by atoms with Gasteiger partial charge in [-0.2, -0.15) is 0 Å². The molecule has 1 saturated carbocycles. The molecule has 1 aliphatic carbocycles. The first-order chi connectivity index (χ1) is 11.5. The molecule has 1 aromatic carbocycles. The van der Waals surface area contributed by atoms with E-state index in [2.05, 4.69) is 4.98 Å². The van der Waals surface area contributed by atoms with E-state index in [1.165, 1.54) is 16.2 Å². The molecular weight excluding hydrogens is 324 g/mol. The molecule has 6 heteroatoms. The predicted octanol–water partition coefficient (Wildman–Crippen LogP) is 3.67. The molecule has 0 unspecified atom stereocenters. The van der Waals surface area contributed by atoms with Crippen LogP contribution in [0.5, 0.6) is 0 Å². The molecule has 2 aromatic rings. The lowest BCUT2D eigenvalue weighted by molar-refractivity contribution is -0.151. The molecule has 3 rings (SSSR count). The fourth-order valence-electron chi connectivity index (χ4n) is 3.28. The number of thiazole rings is 1. The third kappa shape index (κ3) is 2.94. The standard InChI is InChI=1S/C18H20N2O3S/c1-20(18(17(22)23)10-6-3-7-11-18)16(21)14-12-24-15(19-14)13-8-4-2-5-9-13/h2,4-5,8-9,12H,3,6-7,10-11H2,1H3,(H,22,23). The number of amides is 1. The van der Waals surface area contributed by atoms with E-state index in [1.54, 1.807) is 12.4 Å². The van der Waals surface area contributed by atoms with Gasteiger partial charge in [0.25, 0.3) is 5.91 Å². The lowest BCUT2D eigenvalue weighted by Gasteiger charge is -2.40. The van der Waals surface area contributed by atoms with Crippen molar-refractivity contribution in [1.29, 1.82) is 0 Å². The summed E-state index contributed by atoms with van der Waals surface area (Å²) in [5.74, 6) is -1.24. The third-order valence-electron chi connectivity index (χ3n) is 4.77. The molecule has 24 heavy (non-hydrogen) atoms. The van der Waals surface area contributed by atoms with Crippen LogP contribution in [0.4, 0.5) is 0 Å². The summed E-state index contributed by atoms with van der Waals surface area (Å²) in [6, 6.07) is 9.65. The number of nitrogens with zero attached hydrogens (tertiary/aromatic N) is 2. The number of likely N-dealkylation sites (N-methyl/N-ethyl adjacent to an activating group) is 1. The van der Waals surface area contributed by atoms with E-state index in [4.69, 9.17) is 0 Å². The molecule has 1 heterocycles. The summed E-state index contributed by atoms with van der Waals surface area (Å²) in [6.45, 7) is 0. The van der Waals surface area contributed by atoms with Gasteiger partial charge in [0.1, 0.15) is 16.2 Å². The zero-order valence-electron chi connectivity index (χ0n) is 13.6. The molecule has 1 N–H and O–H groups in total. The normalized spacial score (nSPS) is 16.5. The molecule has 1 fully saturated rings. The second-order valence-corrected chi connectivity index (χ2v) is 7.02. The number of hydrogen-bond acceptors (Lipinski definition) is 4. The minimum absolute atomic E-state index is 0.313. The summed E-state index contributed by atoms with van der Waals surface area (Å²) in [6.07, 6.45) is 3.68. The van der Waals surface area contributed by atoms with Crippen molar-refractivity contribution in [2.45, 2.75) is 37.6 Å². The summed E-state index contributed by atoms with van der Waals surface area (Å²) in [7, 11) is 1.59. The average Bonchev–Trinajstić information content (AvgIpc) is 3.12. The van der Waals surface area contributed by atoms with Gasteiger partial charge in [0.05, 0.1) is 0 Å². The molecule has 0 saturated heterocycles. The number of hydrogen-bond donors (Lipinski definition) is 1. The monoisotopic (exact) mass is 344 g/mol. The topological polar surface area (TPSA) is 70.5 Å². The summed E-state index contributed by atoms with van der Waals surface area (Å²) in [5.41, 5.74) is 0.161. The Morgan fingerprint density at radius 2 is 1.83 bits per heavy atom. The number of carboxylic acid groups (broad SMARTS) is 1. The van der Waals surface area contributed by atoms with Crippen molar-refractivity contribution in [3.63, 3.8) is 0 Å². The first kappa shape index (κ1) is 16.6. The highest BCUT2D eigenvalue weighted by atomic mass is 32.1. The molecule has 0 atom stereocenters. The van der Waals surface area contributed by atoms with Gasteiger partial charge in [0.15, 0.2) is 0 Å². The maximum absolute atomic E-state index is 12.8. The smallest absolute Gasteiger partial charge is 0.329 e. The second-order valence-electron chi connectivity index (χ2n) is 6.17. The Morgan fingerprint density at radius 1 is 1.17 bits per heavy atom. The van der Waals surface area contributed by atoms with Gasteiger partial charge < -0.3 is 10.0 Å². The zero-order chi connectivity index (χ0) is 17.2. The number of carboxylic acids is 1. The lowest BCUT2D eigenvalue weighted by atomic mass is 9.80. The Balaban J connectivity index is 1.86. The predicted molar refractivity (Wildman–Crippen MR) is 93.1 cm³/mol. The minimum Gasteiger partial charge on any atom is -0.479 e. The Labute approximate surface area is 145 Å². The van der Waals surface area contributed by atoms with Gasteiger partial charge in [0.2, 0.25) is 0 Å². The van der Waals surface area contributed by atoms with E-state index in [1.807, 2.05) is 30.3 Å². The summed E-state index contributed by atoms with van der Waals surface area (Å²) >= 11 is 1.40. The van der Waals surface area contributed by atoms with Gasteiger partial charge in [-0.05, 0) is 12.8 Å². The molecule has 0 spiro atoms. The van der Waals surface area contributed by atoms with Crippen molar-refractivity contribution >= 4 is 23.2 Å². The molecule has 1 aromatic heterocycles. The SMILES string of the molecule is CN(C(=O)c1csc(-c2ccccc2)n1)C1(C(=O)O)CCCCC1. The molecule has 1 aliphatic rings. The van der Waals surface area contributed by atoms with Crippen LogP contribution in [0.15, 0.2) is 35.7 Å². The number of carbonyl (C=O) groups is 2. The number of carbonyl (C=O) groups excluding carboxylic acids is 1. The van der Waals surface area contributed by atoms with E-state index in [0.717, 1.165) is 29.8 Å². The fourth-order valence-corrected chi connectivity index (χ4v) is 4.08. The van der Waals surface area contributed by atoms with E-state index < -0.39 is 11.5 Å². The summed E-state index contributed by atoms with van der Waals surface area (Å²) in [4.78, 5) is 30.5. The van der Waals surface area contributed by atoms with Crippen molar-refractivity contribution in [3.8, 4) is 10.6 Å². The van der Waals surface area contributed by atoms with Crippen molar-refractivity contribution < 1.29 is 14.7 Å². The van der Waals surface area contributed by atoms with E-state index in [0.29, 0.717) is 18.5 Å². The van der Waals surface area contributed by atoms with Crippen LogP contribution in [-0.4, -0.2) is 39.5 Å². The van der Waals surface area contributed by atoms with Crippen LogP contribution in [0.25, 0.3) is 10.6 Å². The Morgan fingerprint density at radius 3 is 2.46 bits per heavy atom. The van der Waals surface area contributed by atoms with Gasteiger partial charge in [0, 0.05) is 18.0 Å². The minimum atomic E-state index is -1.11. The number of aliphatic carboxylic acids is 1. The maximum Gasteiger partial charge on any atom is 0.329 e. The Bertz CT molecular complexity index is 736. The number of benzene rings is 1. The van der Waals surface area contributed by atoms with Gasteiger partial charge in [-0.3, -0.25) is 4.79 Å². The summed E-state index contributed by atoms with van der Waals surface area (Å²) in [5, 5.41) is 12.2. The van der Waals surface area contributed by atoms with Crippen LogP contribution in [-0.2, 0) is 4.79 Å². The molecule has 0 aliphatic heterocycles.